The van der Waals surface area contributed by atoms with Gasteiger partial charge < -0.3 is 20.5 Å². The Morgan fingerprint density at radius 3 is 2.74 bits per heavy atom. The van der Waals surface area contributed by atoms with Gasteiger partial charge in [0.15, 0.2) is 6.61 Å². The lowest BCUT2D eigenvalue weighted by molar-refractivity contribution is -0.124. The van der Waals surface area contributed by atoms with Crippen molar-refractivity contribution in [3.63, 3.8) is 0 Å². The molecule has 0 spiro atoms. The zero-order chi connectivity index (χ0) is 14.3. The number of esters is 1. The normalized spacial score (nSPS) is 9.79. The van der Waals surface area contributed by atoms with Crippen molar-refractivity contribution >= 4 is 17.6 Å². The van der Waals surface area contributed by atoms with E-state index < -0.39 is 5.97 Å². The monoisotopic (exact) mass is 266 g/mol. The molecule has 0 saturated carbocycles. The fraction of sp³-hybridized carbons (Fsp3) is 0.385. The van der Waals surface area contributed by atoms with E-state index in [2.05, 4.69) is 5.32 Å². The van der Waals surface area contributed by atoms with Crippen LogP contribution in [0.2, 0.25) is 0 Å². The molecular formula is C13H18N2O4. The number of nitrogens with two attached hydrogens (primary N) is 1. The molecule has 0 heterocycles. The van der Waals surface area contributed by atoms with Gasteiger partial charge in [0, 0.05) is 12.2 Å². The number of nitrogen functional groups attached to an aromatic ring is 1. The number of hydrogen-bond donors (Lipinski definition) is 2. The minimum absolute atomic E-state index is 0.183. The Bertz CT molecular complexity index is 460. The quantitative estimate of drug-likeness (QED) is 0.591. The maximum Gasteiger partial charge on any atom is 0.340 e. The first-order chi connectivity index (χ1) is 9.08. The number of amides is 1. The zero-order valence-electron chi connectivity index (χ0n) is 11.1. The van der Waals surface area contributed by atoms with Crippen molar-refractivity contribution < 1.29 is 19.1 Å². The van der Waals surface area contributed by atoms with Crippen molar-refractivity contribution in [1.29, 1.82) is 0 Å². The molecule has 1 amide bonds. The van der Waals surface area contributed by atoms with Gasteiger partial charge >= 0.3 is 5.97 Å². The van der Waals surface area contributed by atoms with E-state index in [1.54, 1.807) is 12.1 Å². The van der Waals surface area contributed by atoms with Crippen molar-refractivity contribution in [2.24, 2.45) is 0 Å². The number of anilines is 1. The van der Waals surface area contributed by atoms with Gasteiger partial charge in [0.2, 0.25) is 0 Å². The molecule has 0 aliphatic carbocycles. The van der Waals surface area contributed by atoms with Crippen molar-refractivity contribution in [3.05, 3.63) is 23.8 Å². The molecule has 3 N–H and O–H groups in total. The third-order valence-electron chi connectivity index (χ3n) is 2.39. The Labute approximate surface area is 111 Å². The van der Waals surface area contributed by atoms with Crippen LogP contribution in [0.15, 0.2) is 18.2 Å². The third-order valence-corrected chi connectivity index (χ3v) is 2.39. The Balaban J connectivity index is 2.60. The van der Waals surface area contributed by atoms with E-state index in [9.17, 15) is 9.59 Å². The topological polar surface area (TPSA) is 90.6 Å². The number of carbonyl (C=O) groups excluding carboxylic acids is 2. The molecule has 0 bridgehead atoms. The highest BCUT2D eigenvalue weighted by Gasteiger charge is 2.14. The predicted octanol–water partition coefficient (Wildman–Crippen LogP) is 0.960. The van der Waals surface area contributed by atoms with Gasteiger partial charge in [-0.2, -0.15) is 0 Å². The van der Waals surface area contributed by atoms with E-state index in [0.717, 1.165) is 6.42 Å². The molecule has 104 valence electrons. The average molecular weight is 266 g/mol. The Morgan fingerprint density at radius 2 is 2.11 bits per heavy atom. The summed E-state index contributed by atoms with van der Waals surface area (Å²) in [6.45, 7) is 2.16. The molecule has 0 aliphatic heterocycles. The molecule has 6 heteroatoms. The summed E-state index contributed by atoms with van der Waals surface area (Å²) in [5.41, 5.74) is 6.14. The lowest BCUT2D eigenvalue weighted by Crippen LogP contribution is -2.29. The van der Waals surface area contributed by atoms with E-state index in [1.165, 1.54) is 13.2 Å². The van der Waals surface area contributed by atoms with Crippen LogP contribution in [-0.4, -0.2) is 32.1 Å². The molecule has 1 aromatic carbocycles. The van der Waals surface area contributed by atoms with Crippen LogP contribution in [0, 0.1) is 0 Å². The summed E-state index contributed by atoms with van der Waals surface area (Å²) in [5.74, 6) is -0.490. The summed E-state index contributed by atoms with van der Waals surface area (Å²) in [5, 5.41) is 2.60. The lowest BCUT2D eigenvalue weighted by atomic mass is 10.2. The van der Waals surface area contributed by atoms with Crippen LogP contribution >= 0.6 is 0 Å². The number of methoxy groups -OCH3 is 1. The predicted molar refractivity (Wildman–Crippen MR) is 71.0 cm³/mol. The van der Waals surface area contributed by atoms with Crippen molar-refractivity contribution in [2.45, 2.75) is 13.3 Å². The molecule has 19 heavy (non-hydrogen) atoms. The van der Waals surface area contributed by atoms with Crippen LogP contribution in [0.1, 0.15) is 23.7 Å². The van der Waals surface area contributed by atoms with Gasteiger partial charge in [-0.1, -0.05) is 6.92 Å². The molecule has 0 saturated heterocycles. The largest absolute Gasteiger partial charge is 0.497 e. The first kappa shape index (κ1) is 14.8. The second-order valence-electron chi connectivity index (χ2n) is 3.88. The van der Waals surface area contributed by atoms with Gasteiger partial charge in [-0.05, 0) is 24.6 Å². The van der Waals surface area contributed by atoms with Crippen molar-refractivity contribution in [3.8, 4) is 5.75 Å². The first-order valence-corrected chi connectivity index (χ1v) is 5.95. The molecule has 0 radical (unpaired) electrons. The molecular weight excluding hydrogens is 248 g/mol. The minimum Gasteiger partial charge on any atom is -0.497 e. The number of benzene rings is 1. The fourth-order valence-electron chi connectivity index (χ4n) is 1.36. The summed E-state index contributed by atoms with van der Waals surface area (Å²) < 4.78 is 9.88. The van der Waals surface area contributed by atoms with Crippen LogP contribution in [0.3, 0.4) is 0 Å². The van der Waals surface area contributed by atoms with Gasteiger partial charge in [-0.3, -0.25) is 4.79 Å². The van der Waals surface area contributed by atoms with Crippen LogP contribution in [0.25, 0.3) is 0 Å². The maximum atomic E-state index is 11.8. The Hall–Kier alpha value is -2.24. The highest BCUT2D eigenvalue weighted by molar-refractivity contribution is 5.96. The molecule has 0 atom stereocenters. The summed E-state index contributed by atoms with van der Waals surface area (Å²) in [4.78, 5) is 23.1. The zero-order valence-corrected chi connectivity index (χ0v) is 11.1. The number of carbonyl (C=O) groups is 2. The minimum atomic E-state index is -0.650. The molecule has 1 rings (SSSR count). The maximum absolute atomic E-state index is 11.8. The second kappa shape index (κ2) is 7.25. The molecule has 1 aromatic rings. The van der Waals surface area contributed by atoms with E-state index in [0.29, 0.717) is 12.3 Å². The summed E-state index contributed by atoms with van der Waals surface area (Å²) in [7, 11) is 1.48. The Morgan fingerprint density at radius 1 is 1.37 bits per heavy atom. The smallest absolute Gasteiger partial charge is 0.340 e. The second-order valence-corrected chi connectivity index (χ2v) is 3.88. The lowest BCUT2D eigenvalue weighted by Gasteiger charge is -2.08. The number of rotatable bonds is 6. The summed E-state index contributed by atoms with van der Waals surface area (Å²) in [6, 6.07) is 4.66. The highest BCUT2D eigenvalue weighted by atomic mass is 16.5. The number of hydrogen-bond acceptors (Lipinski definition) is 5. The molecule has 0 aliphatic rings. The summed E-state index contributed by atoms with van der Waals surface area (Å²) >= 11 is 0. The number of nitrogens with one attached hydrogen (secondary N) is 1. The third kappa shape index (κ3) is 4.50. The van der Waals surface area contributed by atoms with E-state index >= 15 is 0 Å². The highest BCUT2D eigenvalue weighted by Crippen LogP contribution is 2.20. The standard InChI is InChI=1S/C13H18N2O4/c1-3-6-15-12(16)8-19-13(17)10-7-9(18-2)4-5-11(10)14/h4-5,7H,3,6,8,14H2,1-2H3,(H,15,16). The van der Waals surface area contributed by atoms with E-state index in [-0.39, 0.29) is 23.8 Å². The molecule has 0 aromatic heterocycles. The Kier molecular flexibility index (Phi) is 5.66. The van der Waals surface area contributed by atoms with Gasteiger partial charge in [0.1, 0.15) is 5.75 Å². The van der Waals surface area contributed by atoms with Crippen LogP contribution in [0.4, 0.5) is 5.69 Å². The number of ether oxygens (including phenoxy) is 2. The first-order valence-electron chi connectivity index (χ1n) is 5.95. The molecule has 6 nitrogen and oxygen atoms in total. The summed E-state index contributed by atoms with van der Waals surface area (Å²) in [6.07, 6.45) is 0.822. The average Bonchev–Trinajstić information content (AvgIpc) is 2.43. The van der Waals surface area contributed by atoms with Gasteiger partial charge in [0.05, 0.1) is 12.7 Å². The van der Waals surface area contributed by atoms with E-state index in [4.69, 9.17) is 15.2 Å². The van der Waals surface area contributed by atoms with Gasteiger partial charge in [-0.25, -0.2) is 4.79 Å². The van der Waals surface area contributed by atoms with Gasteiger partial charge in [-0.15, -0.1) is 0 Å². The van der Waals surface area contributed by atoms with Gasteiger partial charge in [0.25, 0.3) is 5.91 Å². The fourth-order valence-corrected chi connectivity index (χ4v) is 1.36. The van der Waals surface area contributed by atoms with Crippen molar-refractivity contribution in [2.75, 3.05) is 26.0 Å². The van der Waals surface area contributed by atoms with Crippen molar-refractivity contribution in [1.82, 2.24) is 5.32 Å². The van der Waals surface area contributed by atoms with Crippen LogP contribution in [-0.2, 0) is 9.53 Å². The SMILES string of the molecule is CCCNC(=O)COC(=O)c1cc(OC)ccc1N. The van der Waals surface area contributed by atoms with Crippen LogP contribution < -0.4 is 15.8 Å². The van der Waals surface area contributed by atoms with E-state index in [1.807, 2.05) is 6.92 Å². The molecule has 0 fully saturated rings. The molecule has 0 unspecified atom stereocenters. The van der Waals surface area contributed by atoms with Crippen LogP contribution in [0.5, 0.6) is 5.75 Å².